The van der Waals surface area contributed by atoms with Crippen molar-refractivity contribution in [3.8, 4) is 0 Å². The summed E-state index contributed by atoms with van der Waals surface area (Å²) in [6.07, 6.45) is -0.595. The quantitative estimate of drug-likeness (QED) is 0.792. The standard InChI is InChI=1S/C17H24N2O2S.C2HF3O2/c20-17(19-5-1-2-6-19)15-9-14-3-7-18(11-16(14)21-15)10-13-4-8-22-12-13;3-2(4,5)1(6)7/h4,8,12,14-16H,1-3,5-7,9-11H2;(H,6,7)/t14-,15-,16-;/m0./s1. The van der Waals surface area contributed by atoms with Crippen LogP contribution >= 0.6 is 11.3 Å². The van der Waals surface area contributed by atoms with Crippen LogP contribution in [0.4, 0.5) is 13.2 Å². The van der Waals surface area contributed by atoms with Gasteiger partial charge in [0.05, 0.1) is 6.10 Å². The molecule has 1 N–H and O–H groups in total. The largest absolute Gasteiger partial charge is 0.490 e. The lowest BCUT2D eigenvalue weighted by atomic mass is 9.91. The lowest BCUT2D eigenvalue weighted by molar-refractivity contribution is -0.192. The van der Waals surface area contributed by atoms with Crippen molar-refractivity contribution < 1.29 is 32.6 Å². The molecule has 29 heavy (non-hydrogen) atoms. The molecule has 0 aromatic carbocycles. The average Bonchev–Trinajstić information content (AvgIpc) is 3.42. The molecule has 0 saturated carbocycles. The highest BCUT2D eigenvalue weighted by atomic mass is 32.1. The van der Waals surface area contributed by atoms with Gasteiger partial charge in [0.15, 0.2) is 0 Å². The second-order valence-corrected chi connectivity index (χ2v) is 8.43. The highest BCUT2D eigenvalue weighted by molar-refractivity contribution is 7.07. The first-order valence-electron chi connectivity index (χ1n) is 9.72. The Bertz CT molecular complexity index is 692. The van der Waals surface area contributed by atoms with Gasteiger partial charge in [-0.2, -0.15) is 24.5 Å². The van der Waals surface area contributed by atoms with Crippen LogP contribution in [0.15, 0.2) is 16.8 Å². The van der Waals surface area contributed by atoms with E-state index in [-0.39, 0.29) is 18.1 Å². The number of carboxylic acids is 1. The number of amides is 1. The first-order chi connectivity index (χ1) is 13.7. The van der Waals surface area contributed by atoms with Crippen molar-refractivity contribution >= 4 is 23.2 Å². The van der Waals surface area contributed by atoms with Crippen molar-refractivity contribution in [3.05, 3.63) is 22.4 Å². The highest BCUT2D eigenvalue weighted by Gasteiger charge is 2.43. The predicted octanol–water partition coefficient (Wildman–Crippen LogP) is 2.98. The molecule has 1 aromatic rings. The van der Waals surface area contributed by atoms with E-state index in [1.807, 2.05) is 4.90 Å². The Morgan fingerprint density at radius 1 is 1.24 bits per heavy atom. The number of halogens is 3. The Kier molecular flexibility index (Phi) is 7.18. The van der Waals surface area contributed by atoms with Crippen LogP contribution in [0.5, 0.6) is 0 Å². The number of fused-ring (bicyclic) bond motifs is 1. The van der Waals surface area contributed by atoms with Gasteiger partial charge < -0.3 is 14.7 Å². The number of carbonyl (C=O) groups excluding carboxylic acids is 1. The number of carboxylic acid groups (broad SMARTS) is 1. The van der Waals surface area contributed by atoms with E-state index in [1.54, 1.807) is 11.3 Å². The number of ether oxygens (including phenoxy) is 1. The van der Waals surface area contributed by atoms with Crippen LogP contribution in [0, 0.1) is 5.92 Å². The third kappa shape index (κ3) is 5.93. The Hall–Kier alpha value is -1.65. The van der Waals surface area contributed by atoms with Crippen molar-refractivity contribution in [2.75, 3.05) is 26.2 Å². The van der Waals surface area contributed by atoms with Gasteiger partial charge in [-0.15, -0.1) is 0 Å². The molecule has 0 radical (unpaired) electrons. The molecule has 3 atom stereocenters. The summed E-state index contributed by atoms with van der Waals surface area (Å²) in [4.78, 5) is 25.9. The summed E-state index contributed by atoms with van der Waals surface area (Å²) in [6, 6.07) is 2.20. The van der Waals surface area contributed by atoms with Gasteiger partial charge in [-0.25, -0.2) is 4.79 Å². The van der Waals surface area contributed by atoms with Crippen molar-refractivity contribution in [2.24, 2.45) is 5.92 Å². The number of carbonyl (C=O) groups is 2. The van der Waals surface area contributed by atoms with Gasteiger partial charge in [-0.05, 0) is 60.5 Å². The van der Waals surface area contributed by atoms with Crippen LogP contribution in [-0.2, 0) is 20.9 Å². The van der Waals surface area contributed by atoms with Gasteiger partial charge in [-0.1, -0.05) is 0 Å². The summed E-state index contributed by atoms with van der Waals surface area (Å²) in [6.45, 7) is 4.98. The lowest BCUT2D eigenvalue weighted by Gasteiger charge is -2.33. The molecule has 1 aromatic heterocycles. The fraction of sp³-hybridized carbons (Fsp3) is 0.684. The third-order valence-electron chi connectivity index (χ3n) is 5.56. The van der Waals surface area contributed by atoms with Crippen molar-refractivity contribution in [1.29, 1.82) is 0 Å². The minimum Gasteiger partial charge on any atom is -0.475 e. The minimum atomic E-state index is -5.08. The topological polar surface area (TPSA) is 70.1 Å². The summed E-state index contributed by atoms with van der Waals surface area (Å²) in [5.41, 5.74) is 1.39. The molecular formula is C19H25F3N2O4S. The Labute approximate surface area is 171 Å². The van der Waals surface area contributed by atoms with E-state index in [1.165, 1.54) is 12.0 Å². The van der Waals surface area contributed by atoms with Crippen LogP contribution in [0.1, 0.15) is 31.2 Å². The smallest absolute Gasteiger partial charge is 0.475 e. The second-order valence-electron chi connectivity index (χ2n) is 7.65. The number of hydrogen-bond acceptors (Lipinski definition) is 5. The maximum atomic E-state index is 12.5. The number of likely N-dealkylation sites (tertiary alicyclic amines) is 2. The molecule has 4 rings (SSSR count). The summed E-state index contributed by atoms with van der Waals surface area (Å²) in [5, 5.41) is 11.5. The van der Waals surface area contributed by atoms with Crippen molar-refractivity contribution in [2.45, 2.75) is 50.6 Å². The van der Waals surface area contributed by atoms with E-state index in [4.69, 9.17) is 14.6 Å². The zero-order valence-electron chi connectivity index (χ0n) is 15.9. The fourth-order valence-electron chi connectivity index (χ4n) is 4.08. The van der Waals surface area contributed by atoms with Crippen LogP contribution in [0.25, 0.3) is 0 Å². The number of rotatable bonds is 3. The summed E-state index contributed by atoms with van der Waals surface area (Å²) in [5.74, 6) is -1.93. The molecule has 10 heteroatoms. The maximum absolute atomic E-state index is 12.5. The van der Waals surface area contributed by atoms with Crippen molar-refractivity contribution in [1.82, 2.24) is 9.80 Å². The molecule has 3 aliphatic heterocycles. The SMILES string of the molecule is O=C(O)C(F)(F)F.O=C([C@@H]1C[C@@H]2CCN(Cc3ccsc3)C[C@@H]2O1)N1CCCC1. The molecule has 3 aliphatic rings. The Morgan fingerprint density at radius 3 is 2.52 bits per heavy atom. The van der Waals surface area contributed by atoms with Gasteiger partial charge in [0.1, 0.15) is 6.10 Å². The zero-order chi connectivity index (χ0) is 21.0. The van der Waals surface area contributed by atoms with E-state index >= 15 is 0 Å². The van der Waals surface area contributed by atoms with E-state index in [0.717, 1.165) is 52.0 Å². The van der Waals surface area contributed by atoms with Crippen LogP contribution in [0.3, 0.4) is 0 Å². The molecular weight excluding hydrogens is 409 g/mol. The molecule has 0 bridgehead atoms. The predicted molar refractivity (Wildman–Crippen MR) is 100 cm³/mol. The summed E-state index contributed by atoms with van der Waals surface area (Å²) in [7, 11) is 0. The number of alkyl halides is 3. The summed E-state index contributed by atoms with van der Waals surface area (Å²) < 4.78 is 37.9. The Balaban J connectivity index is 0.000000298. The number of aliphatic carboxylic acids is 1. The first kappa shape index (κ1) is 22.0. The van der Waals surface area contributed by atoms with E-state index in [2.05, 4.69) is 21.7 Å². The molecule has 0 aliphatic carbocycles. The average molecular weight is 434 g/mol. The molecule has 6 nitrogen and oxygen atoms in total. The zero-order valence-corrected chi connectivity index (χ0v) is 16.8. The van der Waals surface area contributed by atoms with Gasteiger partial charge in [0, 0.05) is 26.2 Å². The van der Waals surface area contributed by atoms with Gasteiger partial charge >= 0.3 is 12.1 Å². The lowest BCUT2D eigenvalue weighted by Crippen LogP contribution is -2.42. The van der Waals surface area contributed by atoms with E-state index in [0.29, 0.717) is 5.92 Å². The molecule has 162 valence electrons. The molecule has 4 heterocycles. The van der Waals surface area contributed by atoms with E-state index < -0.39 is 12.1 Å². The van der Waals surface area contributed by atoms with Crippen LogP contribution in [-0.4, -0.2) is 71.3 Å². The number of piperidine rings is 1. The van der Waals surface area contributed by atoms with Crippen molar-refractivity contribution in [3.63, 3.8) is 0 Å². The first-order valence-corrected chi connectivity index (χ1v) is 10.7. The van der Waals surface area contributed by atoms with Crippen LogP contribution < -0.4 is 0 Å². The van der Waals surface area contributed by atoms with Gasteiger partial charge in [0.2, 0.25) is 0 Å². The maximum Gasteiger partial charge on any atom is 0.490 e. The molecule has 1 amide bonds. The molecule has 3 saturated heterocycles. The molecule has 3 fully saturated rings. The minimum absolute atomic E-state index is 0.172. The third-order valence-corrected chi connectivity index (χ3v) is 6.29. The number of nitrogens with zero attached hydrogens (tertiary/aromatic N) is 2. The van der Waals surface area contributed by atoms with E-state index in [9.17, 15) is 18.0 Å². The summed E-state index contributed by atoms with van der Waals surface area (Å²) >= 11 is 1.76. The molecule has 0 spiro atoms. The monoisotopic (exact) mass is 434 g/mol. The fourth-order valence-corrected chi connectivity index (χ4v) is 4.74. The Morgan fingerprint density at radius 2 is 1.93 bits per heavy atom. The number of thiophene rings is 1. The van der Waals surface area contributed by atoms with Gasteiger partial charge in [0.25, 0.3) is 5.91 Å². The molecule has 0 unspecified atom stereocenters. The highest BCUT2D eigenvalue weighted by Crippen LogP contribution is 2.35. The van der Waals surface area contributed by atoms with Gasteiger partial charge in [-0.3, -0.25) is 9.69 Å². The number of hydrogen-bond donors (Lipinski definition) is 1. The van der Waals surface area contributed by atoms with Crippen LogP contribution in [0.2, 0.25) is 0 Å². The normalized spacial score (nSPS) is 27.3. The second kappa shape index (κ2) is 9.44.